The van der Waals surface area contributed by atoms with E-state index in [1.54, 1.807) is 4.90 Å². The maximum Gasteiger partial charge on any atom is 0.270 e. The number of halogens is 1. The van der Waals surface area contributed by atoms with Crippen molar-refractivity contribution < 1.29 is 9.72 Å². The van der Waals surface area contributed by atoms with Crippen LogP contribution < -0.4 is 0 Å². The summed E-state index contributed by atoms with van der Waals surface area (Å²) < 4.78 is 0. The van der Waals surface area contributed by atoms with Gasteiger partial charge in [0.15, 0.2) is 0 Å². The highest BCUT2D eigenvalue weighted by atomic mass is 35.5. The van der Waals surface area contributed by atoms with Crippen molar-refractivity contribution in [2.45, 2.75) is 39.5 Å². The molecule has 0 atom stereocenters. The summed E-state index contributed by atoms with van der Waals surface area (Å²) in [6, 6.07) is 3.98. The Balaban J connectivity index is 2.94. The summed E-state index contributed by atoms with van der Waals surface area (Å²) in [6.45, 7) is 5.51. The molecule has 5 nitrogen and oxygen atoms in total. The largest absolute Gasteiger partial charge is 0.339 e. The number of nitrogens with zero attached hydrogens (tertiary/aromatic N) is 2. The van der Waals surface area contributed by atoms with Gasteiger partial charge in [-0.25, -0.2) is 0 Å². The average Bonchev–Trinajstić information content (AvgIpc) is 2.46. The minimum Gasteiger partial charge on any atom is -0.339 e. The molecule has 0 heterocycles. The lowest BCUT2D eigenvalue weighted by molar-refractivity contribution is -0.384. The molecule has 0 bridgehead atoms. The van der Waals surface area contributed by atoms with E-state index in [2.05, 4.69) is 13.8 Å². The van der Waals surface area contributed by atoms with Crippen molar-refractivity contribution in [1.82, 2.24) is 4.90 Å². The molecular weight excluding hydrogens is 292 g/mol. The van der Waals surface area contributed by atoms with Gasteiger partial charge >= 0.3 is 0 Å². The van der Waals surface area contributed by atoms with Crippen molar-refractivity contribution in [1.29, 1.82) is 0 Å². The molecule has 0 saturated heterocycles. The second-order valence-electron chi connectivity index (χ2n) is 4.92. The van der Waals surface area contributed by atoms with Crippen LogP contribution in [0.2, 0.25) is 5.02 Å². The summed E-state index contributed by atoms with van der Waals surface area (Å²) in [6.07, 6.45) is 3.87. The molecule has 1 aromatic carbocycles. The second kappa shape index (κ2) is 8.62. The molecule has 0 spiro atoms. The Morgan fingerprint density at radius 3 is 2.24 bits per heavy atom. The van der Waals surface area contributed by atoms with Gasteiger partial charge in [-0.1, -0.05) is 38.3 Å². The van der Waals surface area contributed by atoms with E-state index in [-0.39, 0.29) is 16.6 Å². The molecule has 1 amide bonds. The van der Waals surface area contributed by atoms with Crippen LogP contribution in [0.25, 0.3) is 0 Å². The highest BCUT2D eigenvalue weighted by Crippen LogP contribution is 2.24. The fraction of sp³-hybridized carbons (Fsp3) is 0.533. The Kier molecular flexibility index (Phi) is 7.15. The number of amides is 1. The van der Waals surface area contributed by atoms with E-state index < -0.39 is 4.92 Å². The number of carbonyl (C=O) groups excluding carboxylic acids is 1. The number of non-ortho nitro benzene ring substituents is 1. The van der Waals surface area contributed by atoms with Gasteiger partial charge in [0, 0.05) is 25.2 Å². The maximum atomic E-state index is 12.5. The molecule has 0 radical (unpaired) electrons. The van der Waals surface area contributed by atoms with E-state index >= 15 is 0 Å². The van der Waals surface area contributed by atoms with Crippen molar-refractivity contribution in [3.05, 3.63) is 38.9 Å². The van der Waals surface area contributed by atoms with Crippen LogP contribution in [0.5, 0.6) is 0 Å². The molecule has 0 fully saturated rings. The molecule has 21 heavy (non-hydrogen) atoms. The van der Waals surface area contributed by atoms with Crippen LogP contribution in [0.1, 0.15) is 49.9 Å². The zero-order valence-electron chi connectivity index (χ0n) is 12.5. The lowest BCUT2D eigenvalue weighted by atomic mass is 10.1. The average molecular weight is 313 g/mol. The van der Waals surface area contributed by atoms with E-state index in [4.69, 9.17) is 11.6 Å². The zero-order valence-corrected chi connectivity index (χ0v) is 13.2. The first kappa shape index (κ1) is 17.4. The number of benzene rings is 1. The van der Waals surface area contributed by atoms with Crippen LogP contribution in [-0.2, 0) is 0 Å². The smallest absolute Gasteiger partial charge is 0.270 e. The number of unbranched alkanes of at least 4 members (excludes halogenated alkanes) is 2. The van der Waals surface area contributed by atoms with Gasteiger partial charge in [0.1, 0.15) is 0 Å². The predicted octanol–water partition coefficient (Wildman–Crippen LogP) is 4.29. The minimum absolute atomic E-state index is 0.106. The minimum atomic E-state index is -0.522. The molecule has 0 N–H and O–H groups in total. The molecule has 1 aromatic rings. The number of hydrogen-bond donors (Lipinski definition) is 0. The number of hydrogen-bond acceptors (Lipinski definition) is 3. The summed E-state index contributed by atoms with van der Waals surface area (Å²) in [5.41, 5.74) is 0.222. The van der Waals surface area contributed by atoms with Crippen LogP contribution in [0.15, 0.2) is 18.2 Å². The molecule has 1 rings (SSSR count). The van der Waals surface area contributed by atoms with E-state index in [9.17, 15) is 14.9 Å². The Morgan fingerprint density at radius 2 is 1.81 bits per heavy atom. The molecule has 0 aliphatic rings. The number of nitro groups is 1. The highest BCUT2D eigenvalue weighted by molar-refractivity contribution is 6.34. The summed E-state index contributed by atoms with van der Waals surface area (Å²) in [5, 5.41) is 10.8. The van der Waals surface area contributed by atoms with Gasteiger partial charge < -0.3 is 4.90 Å². The first-order valence-electron chi connectivity index (χ1n) is 7.24. The summed E-state index contributed by atoms with van der Waals surface area (Å²) in [5.74, 6) is -0.156. The first-order chi connectivity index (χ1) is 10.0. The van der Waals surface area contributed by atoms with Crippen LogP contribution in [0.4, 0.5) is 5.69 Å². The number of nitro benzene ring substituents is 1. The van der Waals surface area contributed by atoms with Gasteiger partial charge in [-0.15, -0.1) is 0 Å². The lowest BCUT2D eigenvalue weighted by Crippen LogP contribution is -2.33. The Hall–Kier alpha value is -1.62. The van der Waals surface area contributed by atoms with Crippen molar-refractivity contribution in [2.24, 2.45) is 0 Å². The normalized spacial score (nSPS) is 10.4. The van der Waals surface area contributed by atoms with E-state index in [0.717, 1.165) is 25.7 Å². The molecule has 0 aliphatic carbocycles. The zero-order chi connectivity index (χ0) is 15.8. The van der Waals surface area contributed by atoms with Gasteiger partial charge in [-0.05, 0) is 18.9 Å². The third-order valence-corrected chi connectivity index (χ3v) is 3.56. The maximum absolute atomic E-state index is 12.5. The molecular formula is C15H21ClN2O3. The fourth-order valence-electron chi connectivity index (χ4n) is 1.97. The third-order valence-electron chi connectivity index (χ3n) is 3.24. The van der Waals surface area contributed by atoms with Gasteiger partial charge in [-0.2, -0.15) is 0 Å². The molecule has 0 aromatic heterocycles. The lowest BCUT2D eigenvalue weighted by Gasteiger charge is -2.23. The number of carbonyl (C=O) groups is 1. The Bertz CT molecular complexity index is 498. The van der Waals surface area contributed by atoms with Crippen LogP contribution in [0.3, 0.4) is 0 Å². The molecule has 0 unspecified atom stereocenters. The summed E-state index contributed by atoms with van der Waals surface area (Å²) in [7, 11) is 0. The highest BCUT2D eigenvalue weighted by Gasteiger charge is 2.19. The summed E-state index contributed by atoms with van der Waals surface area (Å²) in [4.78, 5) is 24.5. The predicted molar refractivity (Wildman–Crippen MR) is 83.8 cm³/mol. The fourth-order valence-corrected chi connectivity index (χ4v) is 2.23. The van der Waals surface area contributed by atoms with Crippen LogP contribution in [0, 0.1) is 10.1 Å². The topological polar surface area (TPSA) is 63.5 Å². The van der Waals surface area contributed by atoms with E-state index in [1.807, 2.05) is 0 Å². The van der Waals surface area contributed by atoms with Gasteiger partial charge in [-0.3, -0.25) is 14.9 Å². The van der Waals surface area contributed by atoms with E-state index in [1.165, 1.54) is 18.2 Å². The van der Waals surface area contributed by atoms with Crippen molar-refractivity contribution in [2.75, 3.05) is 13.1 Å². The quantitative estimate of drug-likeness (QED) is 0.531. The molecule has 116 valence electrons. The first-order valence-corrected chi connectivity index (χ1v) is 7.62. The monoisotopic (exact) mass is 312 g/mol. The standard InChI is InChI=1S/C15H21ClN2O3/c1-3-5-9-17(10-6-4-2)15(19)13-8-7-12(18(20)21)11-14(13)16/h7-8,11H,3-6,9-10H2,1-2H3. The SMILES string of the molecule is CCCCN(CCCC)C(=O)c1ccc([N+](=O)[O-])cc1Cl. The molecule has 0 aliphatic heterocycles. The van der Waals surface area contributed by atoms with Crippen molar-refractivity contribution in [3.8, 4) is 0 Å². The van der Waals surface area contributed by atoms with Crippen LogP contribution in [-0.4, -0.2) is 28.8 Å². The third kappa shape index (κ3) is 5.01. The van der Waals surface area contributed by atoms with E-state index in [0.29, 0.717) is 18.7 Å². The van der Waals surface area contributed by atoms with Gasteiger partial charge in [0.25, 0.3) is 11.6 Å². The Morgan fingerprint density at radius 1 is 1.24 bits per heavy atom. The molecule has 0 saturated carbocycles. The molecule has 6 heteroatoms. The van der Waals surface area contributed by atoms with Gasteiger partial charge in [0.05, 0.1) is 15.5 Å². The second-order valence-corrected chi connectivity index (χ2v) is 5.33. The summed E-state index contributed by atoms with van der Waals surface area (Å²) >= 11 is 6.03. The number of rotatable bonds is 8. The van der Waals surface area contributed by atoms with Crippen molar-refractivity contribution >= 4 is 23.2 Å². The van der Waals surface area contributed by atoms with Gasteiger partial charge in [0.2, 0.25) is 0 Å². The Labute approximate surface area is 130 Å². The van der Waals surface area contributed by atoms with Crippen LogP contribution >= 0.6 is 11.6 Å². The van der Waals surface area contributed by atoms with Crippen molar-refractivity contribution in [3.63, 3.8) is 0 Å².